The van der Waals surface area contributed by atoms with Crippen LogP contribution in [0.4, 0.5) is 4.79 Å². The van der Waals surface area contributed by atoms with Crippen molar-refractivity contribution >= 4 is 53.5 Å². The van der Waals surface area contributed by atoms with E-state index in [-0.39, 0.29) is 17.8 Å². The molecule has 2 amide bonds. The molecule has 0 unspecified atom stereocenters. The fourth-order valence-electron chi connectivity index (χ4n) is 5.33. The van der Waals surface area contributed by atoms with Gasteiger partial charge in [-0.3, -0.25) is 14.5 Å². The molecule has 1 saturated heterocycles. The third kappa shape index (κ3) is 7.52. The SMILES string of the molecule is BC(=O)N[C@H](Cc1ccc(Cl)cc1Cl)C(=O)N1CCN(CCc2ccc3ccccc3c2)C[C@@H]1CCCC. The van der Waals surface area contributed by atoms with Gasteiger partial charge in [0.25, 0.3) is 0 Å². The second-order valence-corrected chi connectivity index (χ2v) is 11.1. The lowest BCUT2D eigenvalue weighted by molar-refractivity contribution is -0.138. The van der Waals surface area contributed by atoms with Crippen molar-refractivity contribution in [1.29, 1.82) is 0 Å². The van der Waals surface area contributed by atoms with Gasteiger partial charge in [0, 0.05) is 48.7 Å². The summed E-state index contributed by atoms with van der Waals surface area (Å²) in [6.07, 6.45) is 4.38. The van der Waals surface area contributed by atoms with Gasteiger partial charge in [0.1, 0.15) is 6.04 Å². The van der Waals surface area contributed by atoms with E-state index in [4.69, 9.17) is 23.2 Å². The zero-order chi connectivity index (χ0) is 27.1. The van der Waals surface area contributed by atoms with Gasteiger partial charge in [-0.05, 0) is 46.9 Å². The van der Waals surface area contributed by atoms with Crippen LogP contribution in [0.3, 0.4) is 0 Å². The van der Waals surface area contributed by atoms with Crippen LogP contribution >= 0.6 is 23.2 Å². The summed E-state index contributed by atoms with van der Waals surface area (Å²) < 4.78 is 0. The van der Waals surface area contributed by atoms with Gasteiger partial charge < -0.3 is 10.2 Å². The van der Waals surface area contributed by atoms with Crippen LogP contribution in [-0.4, -0.2) is 67.6 Å². The second kappa shape index (κ2) is 13.5. The lowest BCUT2D eigenvalue weighted by Crippen LogP contribution is -2.60. The molecule has 0 radical (unpaired) electrons. The van der Waals surface area contributed by atoms with Crippen molar-refractivity contribution in [2.24, 2.45) is 0 Å². The Morgan fingerprint density at radius 1 is 1.05 bits per heavy atom. The maximum absolute atomic E-state index is 13.8. The topological polar surface area (TPSA) is 52.7 Å². The number of hydrogen-bond donors (Lipinski definition) is 1. The first-order chi connectivity index (χ1) is 18.3. The van der Waals surface area contributed by atoms with Crippen molar-refractivity contribution in [2.45, 2.75) is 51.1 Å². The van der Waals surface area contributed by atoms with Crippen LogP contribution in [0.15, 0.2) is 60.7 Å². The summed E-state index contributed by atoms with van der Waals surface area (Å²) in [6.45, 7) is 5.44. The molecule has 1 aliphatic heterocycles. The highest BCUT2D eigenvalue weighted by Gasteiger charge is 2.34. The lowest BCUT2D eigenvalue weighted by Gasteiger charge is -2.43. The Kier molecular flexibility index (Phi) is 10.1. The molecule has 3 aromatic carbocycles. The fraction of sp³-hybridized carbons (Fsp3) is 0.400. The summed E-state index contributed by atoms with van der Waals surface area (Å²) >= 11 is 12.5. The molecule has 1 heterocycles. The normalized spacial score (nSPS) is 16.9. The molecule has 3 aromatic rings. The number of piperazine rings is 1. The number of hydrogen-bond acceptors (Lipinski definition) is 3. The minimum absolute atomic E-state index is 0.0403. The first-order valence-corrected chi connectivity index (χ1v) is 14.3. The monoisotopic (exact) mass is 551 g/mol. The Bertz CT molecular complexity index is 1270. The van der Waals surface area contributed by atoms with Gasteiger partial charge in [-0.1, -0.05) is 91.5 Å². The minimum atomic E-state index is -0.667. The third-order valence-corrected chi connectivity index (χ3v) is 7.97. The van der Waals surface area contributed by atoms with E-state index in [1.165, 1.54) is 24.2 Å². The maximum atomic E-state index is 13.8. The van der Waals surface area contributed by atoms with Crippen molar-refractivity contribution in [3.05, 3.63) is 81.8 Å². The summed E-state index contributed by atoms with van der Waals surface area (Å²) in [5, 5.41) is 6.46. The number of halogens is 2. The highest BCUT2D eigenvalue weighted by atomic mass is 35.5. The van der Waals surface area contributed by atoms with Crippen molar-refractivity contribution in [3.8, 4) is 0 Å². The van der Waals surface area contributed by atoms with Crippen LogP contribution in [0.1, 0.15) is 37.3 Å². The number of amides is 2. The second-order valence-electron chi connectivity index (χ2n) is 10.3. The molecule has 1 aliphatic rings. The van der Waals surface area contributed by atoms with E-state index < -0.39 is 6.04 Å². The van der Waals surface area contributed by atoms with Gasteiger partial charge in [-0.25, -0.2) is 0 Å². The first kappa shape index (κ1) is 28.5. The van der Waals surface area contributed by atoms with Gasteiger partial charge in [-0.2, -0.15) is 0 Å². The average Bonchev–Trinajstić information content (AvgIpc) is 2.91. The van der Waals surface area contributed by atoms with Crippen LogP contribution in [0, 0.1) is 0 Å². The van der Waals surface area contributed by atoms with Crippen molar-refractivity contribution < 1.29 is 9.59 Å². The van der Waals surface area contributed by atoms with Crippen LogP contribution in [0.25, 0.3) is 10.8 Å². The number of carbonyl (C=O) groups is 2. The molecule has 1 fully saturated rings. The zero-order valence-electron chi connectivity index (χ0n) is 22.3. The molecule has 4 rings (SSSR count). The fourth-order valence-corrected chi connectivity index (χ4v) is 5.82. The van der Waals surface area contributed by atoms with Crippen LogP contribution in [0.5, 0.6) is 0 Å². The van der Waals surface area contributed by atoms with Crippen molar-refractivity contribution in [1.82, 2.24) is 15.1 Å². The molecule has 0 saturated carbocycles. The Hall–Kier alpha value is -2.54. The number of nitrogens with zero attached hydrogens (tertiary/aromatic N) is 2. The lowest BCUT2D eigenvalue weighted by atomic mass is 9.98. The molecule has 5 nitrogen and oxygen atoms in total. The van der Waals surface area contributed by atoms with Crippen LogP contribution in [-0.2, 0) is 17.6 Å². The largest absolute Gasteiger partial charge is 0.353 e. The minimum Gasteiger partial charge on any atom is -0.353 e. The summed E-state index contributed by atoms with van der Waals surface area (Å²) in [7, 11) is 1.45. The Balaban J connectivity index is 1.44. The van der Waals surface area contributed by atoms with E-state index in [1.807, 2.05) is 11.0 Å². The van der Waals surface area contributed by atoms with Gasteiger partial charge in [0.05, 0.1) is 0 Å². The molecular weight excluding hydrogens is 516 g/mol. The van der Waals surface area contributed by atoms with E-state index in [1.54, 1.807) is 12.1 Å². The smallest absolute Gasteiger partial charge is 0.245 e. The number of benzene rings is 3. The van der Waals surface area contributed by atoms with E-state index in [0.29, 0.717) is 23.0 Å². The molecule has 8 heteroatoms. The Labute approximate surface area is 236 Å². The predicted molar refractivity (Wildman–Crippen MR) is 160 cm³/mol. The quantitative estimate of drug-likeness (QED) is 0.346. The highest BCUT2D eigenvalue weighted by Crippen LogP contribution is 2.24. The molecule has 200 valence electrons. The zero-order valence-corrected chi connectivity index (χ0v) is 23.8. The molecule has 0 spiro atoms. The van der Waals surface area contributed by atoms with Gasteiger partial charge in [0.2, 0.25) is 13.8 Å². The average molecular weight is 552 g/mol. The molecule has 0 bridgehead atoms. The van der Waals surface area contributed by atoms with Gasteiger partial charge >= 0.3 is 0 Å². The predicted octanol–water partition coefficient (Wildman–Crippen LogP) is 5.35. The summed E-state index contributed by atoms with van der Waals surface area (Å²) in [5.74, 6) is -0.269. The Morgan fingerprint density at radius 2 is 1.84 bits per heavy atom. The summed E-state index contributed by atoms with van der Waals surface area (Å²) in [5.41, 5.74) is 2.13. The Morgan fingerprint density at radius 3 is 2.58 bits per heavy atom. The molecule has 0 aliphatic carbocycles. The highest BCUT2D eigenvalue weighted by molar-refractivity contribution is 6.57. The van der Waals surface area contributed by atoms with Crippen molar-refractivity contribution in [2.75, 3.05) is 26.2 Å². The van der Waals surface area contributed by atoms with E-state index in [2.05, 4.69) is 59.6 Å². The molecule has 1 N–H and O–H groups in total. The summed E-state index contributed by atoms with van der Waals surface area (Å²) in [6, 6.07) is 19.9. The van der Waals surface area contributed by atoms with E-state index in [9.17, 15) is 9.59 Å². The maximum Gasteiger partial charge on any atom is 0.245 e. The molecule has 2 atom stereocenters. The molecule has 38 heavy (non-hydrogen) atoms. The number of fused-ring (bicyclic) bond motifs is 1. The number of rotatable bonds is 10. The van der Waals surface area contributed by atoms with Crippen molar-refractivity contribution in [3.63, 3.8) is 0 Å². The van der Waals surface area contributed by atoms with Crippen LogP contribution in [0.2, 0.25) is 10.0 Å². The van der Waals surface area contributed by atoms with Gasteiger partial charge in [0.15, 0.2) is 5.81 Å². The third-order valence-electron chi connectivity index (χ3n) is 7.39. The van der Waals surface area contributed by atoms with E-state index >= 15 is 0 Å². The standard InChI is InChI=1S/C30H36BCl2N3O2/c1-2-3-8-26-20-35(14-13-21-9-10-22-6-4-5-7-23(22)17-21)15-16-36(26)29(37)28(34-30(31)38)18-24-11-12-25(32)19-27(24)33/h4-7,9-12,17,19,26,28H,2-3,8,13-16,18,20,31H2,1H3,(H,34,38)/t26-,28+/m0/s1. The number of carbonyl (C=O) groups excluding carboxylic acids is 2. The molecule has 0 aromatic heterocycles. The van der Waals surface area contributed by atoms with E-state index in [0.717, 1.165) is 50.9 Å². The number of unbranched alkanes of at least 4 members (excludes halogenated alkanes) is 1. The number of nitrogens with one attached hydrogen (secondary N) is 1. The first-order valence-electron chi connectivity index (χ1n) is 13.6. The summed E-state index contributed by atoms with van der Waals surface area (Å²) in [4.78, 5) is 30.3. The van der Waals surface area contributed by atoms with Gasteiger partial charge in [-0.15, -0.1) is 0 Å². The van der Waals surface area contributed by atoms with Crippen LogP contribution < -0.4 is 5.32 Å². The molecular formula is C30H36BCl2N3O2.